The molecule has 1 aromatic carbocycles. The van der Waals surface area contributed by atoms with Gasteiger partial charge in [0.05, 0.1) is 4.90 Å². The van der Waals surface area contributed by atoms with Gasteiger partial charge in [-0.25, -0.2) is 8.78 Å². The first-order valence-electron chi connectivity index (χ1n) is 15.6. The van der Waals surface area contributed by atoms with Crippen molar-refractivity contribution in [1.82, 2.24) is 0 Å². The summed E-state index contributed by atoms with van der Waals surface area (Å²) in [5.41, 5.74) is 0.956. The molecule has 33 heteroatoms. The van der Waals surface area contributed by atoms with Crippen LogP contribution in [0.4, 0.5) is 88.1 Å². The fourth-order valence-electron chi connectivity index (χ4n) is 2.45. The van der Waals surface area contributed by atoms with Crippen molar-refractivity contribution in [3.05, 3.63) is 29.8 Å². The number of aryl methyl sites for hydroxylation is 1. The van der Waals surface area contributed by atoms with Gasteiger partial charge in [0.2, 0.25) is 0 Å². The summed E-state index contributed by atoms with van der Waals surface area (Å²) < 4.78 is 279. The van der Waals surface area contributed by atoms with E-state index in [1.165, 1.54) is 19.1 Å². The molecule has 4 atom stereocenters. The number of alkyl halides is 18. The Bertz CT molecular complexity index is 1420. The van der Waals surface area contributed by atoms with Gasteiger partial charge < -0.3 is 18.9 Å². The summed E-state index contributed by atoms with van der Waals surface area (Å²) in [6, 6.07) is 5.99. The van der Waals surface area contributed by atoms with Crippen LogP contribution in [-0.2, 0) is 43.7 Å². The lowest BCUT2D eigenvalue weighted by Crippen LogP contribution is -2.46. The smallest absolute Gasteiger partial charge is 0.375 e. The highest BCUT2D eigenvalue weighted by atomic mass is 32.2. The summed E-state index contributed by atoms with van der Waals surface area (Å²) in [7, 11) is -3.12. The molecule has 0 bridgehead atoms. The van der Waals surface area contributed by atoms with Crippen molar-refractivity contribution >= 4 is 39.6 Å². The van der Waals surface area contributed by atoms with E-state index in [4.69, 9.17) is 4.55 Å². The number of methoxy groups -OCH3 is 2. The Labute approximate surface area is 349 Å². The minimum atomic E-state index is -5.50. The second-order valence-electron chi connectivity index (χ2n) is 10.9. The number of carbonyl (C=O) groups excluding carboxylic acids is 1. The van der Waals surface area contributed by atoms with Gasteiger partial charge in [0.25, 0.3) is 10.1 Å². The molecule has 4 unspecified atom stereocenters. The number of hydrogen-bond acceptors (Lipinski definition) is 11. The Morgan fingerprint density at radius 2 is 0.968 bits per heavy atom. The maximum Gasteiger partial charge on any atom is 0.454 e. The molecule has 0 aromatic heterocycles. The van der Waals surface area contributed by atoms with E-state index in [0.29, 0.717) is 32.1 Å². The summed E-state index contributed by atoms with van der Waals surface area (Å²) in [5, 5.41) is -0.146. The highest BCUT2D eigenvalue weighted by Crippen LogP contribution is 2.38. The second-order valence-corrected chi connectivity index (χ2v) is 14.0. The normalized spacial score (nSPS) is 16.1. The molecule has 0 heterocycles. The van der Waals surface area contributed by atoms with Crippen LogP contribution in [0.25, 0.3) is 0 Å². The largest absolute Gasteiger partial charge is 0.454 e. The molecule has 1 rings (SSSR count). The number of thioether (sulfide) groups is 1. The molecule has 0 aliphatic heterocycles. The first-order valence-corrected chi connectivity index (χ1v) is 18.7. The van der Waals surface area contributed by atoms with Crippen LogP contribution in [0, 0.1) is 6.92 Å². The molecule has 0 aliphatic carbocycles. The third-order valence-corrected chi connectivity index (χ3v) is 8.09. The first-order chi connectivity index (χ1) is 27.8. The molecular weight excluding hydrogens is 984 g/mol. The fourth-order valence-corrected chi connectivity index (χ4v) is 3.61. The molecule has 0 amide bonds. The first kappa shape index (κ1) is 66.5. The van der Waals surface area contributed by atoms with E-state index in [0.717, 1.165) is 17.3 Å². The number of ether oxygens (including phenoxy) is 4. The van der Waals surface area contributed by atoms with Crippen molar-refractivity contribution in [2.45, 2.75) is 79.7 Å². The number of halogens is 20. The molecule has 0 fully saturated rings. The number of thiol groups is 1. The molecule has 62 heavy (non-hydrogen) atoms. The van der Waals surface area contributed by atoms with Gasteiger partial charge in [-0.05, 0) is 46.7 Å². The van der Waals surface area contributed by atoms with E-state index in [-0.39, 0.29) is 29.6 Å². The number of hydrogen-bond donors (Lipinski definition) is 2. The SMILES string of the molecule is CC(=O)SCCCOCC(F)(OF)C(F)(F)F.COC(F)(CF)C(F)(F)F.COC(F)(CF)C(F)(F)F.Cc1ccc(S(=O)(=O)O)cc1.FOC(F)(COCCCS)C(F)(F)F. The van der Waals surface area contributed by atoms with Crippen molar-refractivity contribution in [2.24, 2.45) is 0 Å². The molecular formula is C29H38F20O10S3. The van der Waals surface area contributed by atoms with Crippen LogP contribution in [0.15, 0.2) is 29.2 Å². The molecule has 0 saturated carbocycles. The summed E-state index contributed by atoms with van der Waals surface area (Å²) in [5.74, 6) is -16.4. The minimum absolute atomic E-state index is 0.0666. The molecule has 0 radical (unpaired) electrons. The number of carbonyl (C=O) groups is 1. The van der Waals surface area contributed by atoms with Crippen molar-refractivity contribution in [1.29, 1.82) is 0 Å². The van der Waals surface area contributed by atoms with Crippen LogP contribution < -0.4 is 0 Å². The lowest BCUT2D eigenvalue weighted by atomic mass is 10.2. The highest BCUT2D eigenvalue weighted by molar-refractivity contribution is 8.13. The van der Waals surface area contributed by atoms with E-state index in [1.807, 2.05) is 6.92 Å². The van der Waals surface area contributed by atoms with Crippen LogP contribution in [0.1, 0.15) is 25.3 Å². The van der Waals surface area contributed by atoms with Gasteiger partial charge in [0.15, 0.2) is 18.5 Å². The standard InChI is InChI=1S/C8H11F5O3S.C7H8O3S.C6H9F5O2S.2C4H5F5O/c1-6(14)17-4-2-3-15-5-7(9,16-13)8(10,11)12;1-6-2-4-7(5-3-6)11(8,9)10;7-5(13-11,6(8,9)10)4-12-2-1-3-14;2*1-10-3(6,2-5)4(7,8)9/h2-5H2,1H3;2-5H,1H3,(H,8,9,10);14H,1-4H2;2*2H2,1H3. The Balaban J connectivity index is -0.000000345. The summed E-state index contributed by atoms with van der Waals surface area (Å²) in [4.78, 5) is 14.9. The van der Waals surface area contributed by atoms with E-state index in [9.17, 15) is 101 Å². The van der Waals surface area contributed by atoms with Crippen molar-refractivity contribution in [2.75, 3.05) is 65.5 Å². The Hall–Kier alpha value is -2.14. The van der Waals surface area contributed by atoms with Gasteiger partial charge in [0, 0.05) is 40.1 Å². The minimum Gasteiger partial charge on any atom is -0.375 e. The third kappa shape index (κ3) is 26.0. The fraction of sp³-hybridized carbons (Fsp3) is 0.759. The molecule has 10 nitrogen and oxygen atoms in total. The Kier molecular flexibility index (Phi) is 31.5. The molecule has 0 spiro atoms. The zero-order valence-electron chi connectivity index (χ0n) is 31.8. The topological polar surface area (TPSA) is 127 Å². The van der Waals surface area contributed by atoms with Gasteiger partial charge in [0.1, 0.15) is 13.2 Å². The van der Waals surface area contributed by atoms with E-state index < -0.39 is 84.8 Å². The molecule has 1 aromatic rings. The van der Waals surface area contributed by atoms with E-state index >= 15 is 0 Å². The van der Waals surface area contributed by atoms with Crippen molar-refractivity contribution in [3.8, 4) is 0 Å². The highest BCUT2D eigenvalue weighted by Gasteiger charge is 2.61. The van der Waals surface area contributed by atoms with Gasteiger partial charge in [-0.1, -0.05) is 29.5 Å². The lowest BCUT2D eigenvalue weighted by Gasteiger charge is -2.22. The van der Waals surface area contributed by atoms with Gasteiger partial charge in [-0.15, -0.1) is 9.88 Å². The van der Waals surface area contributed by atoms with Crippen LogP contribution in [0.3, 0.4) is 0 Å². The van der Waals surface area contributed by atoms with Gasteiger partial charge in [-0.3, -0.25) is 9.35 Å². The predicted molar refractivity (Wildman–Crippen MR) is 179 cm³/mol. The number of benzene rings is 1. The van der Waals surface area contributed by atoms with Crippen LogP contribution in [0.2, 0.25) is 0 Å². The molecule has 0 aliphatic rings. The van der Waals surface area contributed by atoms with Crippen LogP contribution >= 0.6 is 24.4 Å². The second kappa shape index (κ2) is 29.4. The molecule has 372 valence electrons. The van der Waals surface area contributed by atoms with E-state index in [1.54, 1.807) is 12.1 Å². The lowest BCUT2D eigenvalue weighted by molar-refractivity contribution is -0.411. The summed E-state index contributed by atoms with van der Waals surface area (Å²) in [6.45, 7) is -4.77. The molecule has 1 N–H and O–H groups in total. The van der Waals surface area contributed by atoms with Crippen molar-refractivity contribution < 1.29 is 135 Å². The summed E-state index contributed by atoms with van der Waals surface area (Å²) >= 11 is 4.70. The zero-order valence-corrected chi connectivity index (χ0v) is 34.4. The van der Waals surface area contributed by atoms with Gasteiger partial charge >= 0.3 is 48.1 Å². The average molecular weight is 1020 g/mol. The van der Waals surface area contributed by atoms with Crippen LogP contribution in [-0.4, -0.2) is 132 Å². The summed E-state index contributed by atoms with van der Waals surface area (Å²) in [6.07, 6.45) is -21.0. The monoisotopic (exact) mass is 1020 g/mol. The Morgan fingerprint density at radius 3 is 1.18 bits per heavy atom. The number of rotatable bonds is 18. The molecule has 0 saturated heterocycles. The zero-order chi connectivity index (χ0) is 50.1. The third-order valence-electron chi connectivity index (χ3n) is 6.01. The maximum absolute atomic E-state index is 12.8. The average Bonchev–Trinajstić information content (AvgIpc) is 3.15. The Morgan fingerprint density at radius 1 is 0.645 bits per heavy atom. The maximum atomic E-state index is 12.8. The van der Waals surface area contributed by atoms with Gasteiger partial charge in [-0.2, -0.15) is 91.3 Å². The predicted octanol–water partition coefficient (Wildman–Crippen LogP) is 10.2. The quantitative estimate of drug-likeness (QED) is 0.0632. The van der Waals surface area contributed by atoms with Crippen molar-refractivity contribution in [3.63, 3.8) is 0 Å². The van der Waals surface area contributed by atoms with Crippen LogP contribution in [0.5, 0.6) is 0 Å². The van der Waals surface area contributed by atoms with E-state index in [2.05, 4.69) is 41.5 Å².